The summed E-state index contributed by atoms with van der Waals surface area (Å²) in [6, 6.07) is 5.45. The standard InChI is InChI=1S/C13H17N3O2/c1-13(2)9-6-8(15-11(17)7-14-3)4-5-10(9)16-12(13)18/h4-6,14H,7H2,1-3H3,(H,15,17)(H,16,18). The van der Waals surface area contributed by atoms with Crippen LogP contribution in [0.25, 0.3) is 0 Å². The molecule has 1 heterocycles. The van der Waals surface area contributed by atoms with E-state index in [1.807, 2.05) is 26.0 Å². The Kier molecular flexibility index (Phi) is 3.09. The lowest BCUT2D eigenvalue weighted by Crippen LogP contribution is -2.27. The molecular weight excluding hydrogens is 230 g/mol. The fourth-order valence-electron chi connectivity index (χ4n) is 2.01. The number of hydrogen-bond donors (Lipinski definition) is 3. The molecule has 18 heavy (non-hydrogen) atoms. The minimum Gasteiger partial charge on any atom is -0.325 e. The molecule has 0 atom stereocenters. The number of nitrogens with one attached hydrogen (secondary N) is 3. The number of likely N-dealkylation sites (N-methyl/N-ethyl adjacent to an activating group) is 1. The Hall–Kier alpha value is -1.88. The molecule has 2 amide bonds. The normalized spacial score (nSPS) is 16.1. The van der Waals surface area contributed by atoms with Gasteiger partial charge in [0.1, 0.15) is 0 Å². The van der Waals surface area contributed by atoms with Gasteiger partial charge in [-0.2, -0.15) is 0 Å². The van der Waals surface area contributed by atoms with E-state index >= 15 is 0 Å². The molecule has 5 nitrogen and oxygen atoms in total. The van der Waals surface area contributed by atoms with Crippen LogP contribution in [-0.4, -0.2) is 25.4 Å². The summed E-state index contributed by atoms with van der Waals surface area (Å²) in [6.07, 6.45) is 0. The molecule has 96 valence electrons. The van der Waals surface area contributed by atoms with E-state index in [4.69, 9.17) is 0 Å². The van der Waals surface area contributed by atoms with E-state index in [1.54, 1.807) is 13.1 Å². The molecule has 0 unspecified atom stereocenters. The van der Waals surface area contributed by atoms with Gasteiger partial charge in [-0.05, 0) is 44.7 Å². The Bertz CT molecular complexity index is 509. The molecule has 5 heteroatoms. The highest BCUT2D eigenvalue weighted by atomic mass is 16.2. The van der Waals surface area contributed by atoms with Gasteiger partial charge >= 0.3 is 0 Å². The average Bonchev–Trinajstić information content (AvgIpc) is 2.51. The number of amides is 2. The number of anilines is 2. The highest BCUT2D eigenvalue weighted by Crippen LogP contribution is 2.38. The molecule has 0 aliphatic carbocycles. The molecule has 3 N–H and O–H groups in total. The van der Waals surface area contributed by atoms with E-state index in [2.05, 4.69) is 16.0 Å². The van der Waals surface area contributed by atoms with Gasteiger partial charge in [-0.15, -0.1) is 0 Å². The lowest BCUT2D eigenvalue weighted by Gasteiger charge is -2.16. The molecule has 0 fully saturated rings. The second-order valence-electron chi connectivity index (χ2n) is 4.92. The van der Waals surface area contributed by atoms with Gasteiger partial charge in [0.15, 0.2) is 0 Å². The number of fused-ring (bicyclic) bond motifs is 1. The molecule has 0 aromatic heterocycles. The van der Waals surface area contributed by atoms with Crippen LogP contribution in [0.1, 0.15) is 19.4 Å². The van der Waals surface area contributed by atoms with E-state index in [0.29, 0.717) is 5.69 Å². The third-order valence-corrected chi connectivity index (χ3v) is 3.13. The molecule has 1 aliphatic heterocycles. The second-order valence-corrected chi connectivity index (χ2v) is 4.92. The molecule has 0 radical (unpaired) electrons. The summed E-state index contributed by atoms with van der Waals surface area (Å²) in [7, 11) is 1.72. The van der Waals surface area contributed by atoms with Gasteiger partial charge in [0.2, 0.25) is 11.8 Å². The van der Waals surface area contributed by atoms with Crippen LogP contribution in [0, 0.1) is 0 Å². The quantitative estimate of drug-likeness (QED) is 0.748. The average molecular weight is 247 g/mol. The Morgan fingerprint density at radius 1 is 1.39 bits per heavy atom. The van der Waals surface area contributed by atoms with Crippen LogP contribution in [-0.2, 0) is 15.0 Å². The zero-order valence-corrected chi connectivity index (χ0v) is 10.8. The molecule has 0 saturated heterocycles. The van der Waals surface area contributed by atoms with Crippen LogP contribution in [0.5, 0.6) is 0 Å². The van der Waals surface area contributed by atoms with E-state index < -0.39 is 5.41 Å². The lowest BCUT2D eigenvalue weighted by molar-refractivity contribution is -0.119. The summed E-state index contributed by atoms with van der Waals surface area (Å²) in [5.74, 6) is -0.122. The first-order valence-electron chi connectivity index (χ1n) is 5.85. The maximum absolute atomic E-state index is 11.8. The van der Waals surface area contributed by atoms with Crippen molar-refractivity contribution < 1.29 is 9.59 Å². The fourth-order valence-corrected chi connectivity index (χ4v) is 2.01. The first-order valence-corrected chi connectivity index (χ1v) is 5.85. The number of carbonyl (C=O) groups is 2. The Morgan fingerprint density at radius 2 is 2.11 bits per heavy atom. The largest absolute Gasteiger partial charge is 0.325 e. The first kappa shape index (κ1) is 12.6. The molecular formula is C13H17N3O2. The summed E-state index contributed by atoms with van der Waals surface area (Å²) in [6.45, 7) is 4.00. The van der Waals surface area contributed by atoms with E-state index in [9.17, 15) is 9.59 Å². The summed E-state index contributed by atoms with van der Waals surface area (Å²) in [5.41, 5.74) is 1.88. The number of rotatable bonds is 3. The van der Waals surface area contributed by atoms with Gasteiger partial charge in [-0.1, -0.05) is 0 Å². The van der Waals surface area contributed by atoms with Crippen molar-refractivity contribution in [2.24, 2.45) is 0 Å². The van der Waals surface area contributed by atoms with Crippen LogP contribution in [0.2, 0.25) is 0 Å². The molecule has 0 bridgehead atoms. The van der Waals surface area contributed by atoms with Crippen LogP contribution in [0.3, 0.4) is 0 Å². The maximum atomic E-state index is 11.8. The van der Waals surface area contributed by atoms with Crippen molar-refractivity contribution in [3.63, 3.8) is 0 Å². The number of benzene rings is 1. The van der Waals surface area contributed by atoms with Crippen molar-refractivity contribution in [2.45, 2.75) is 19.3 Å². The van der Waals surface area contributed by atoms with Crippen molar-refractivity contribution in [3.8, 4) is 0 Å². The fraction of sp³-hybridized carbons (Fsp3) is 0.385. The monoisotopic (exact) mass is 247 g/mol. The molecule has 0 saturated carbocycles. The Labute approximate surface area is 106 Å². The van der Waals surface area contributed by atoms with Gasteiger partial charge in [-0.3, -0.25) is 9.59 Å². The number of hydrogen-bond acceptors (Lipinski definition) is 3. The summed E-state index contributed by atoms with van der Waals surface area (Å²) < 4.78 is 0. The van der Waals surface area contributed by atoms with E-state index in [1.165, 1.54) is 0 Å². The van der Waals surface area contributed by atoms with Crippen LogP contribution >= 0.6 is 0 Å². The molecule has 0 spiro atoms. The zero-order chi connectivity index (χ0) is 13.3. The van der Waals surface area contributed by atoms with Gasteiger partial charge in [-0.25, -0.2) is 0 Å². The van der Waals surface area contributed by atoms with Gasteiger partial charge in [0, 0.05) is 11.4 Å². The van der Waals surface area contributed by atoms with Crippen molar-refractivity contribution >= 4 is 23.2 Å². The topological polar surface area (TPSA) is 70.2 Å². The second kappa shape index (κ2) is 4.42. The minimum absolute atomic E-state index is 0.0174. The summed E-state index contributed by atoms with van der Waals surface area (Å²) >= 11 is 0. The van der Waals surface area contributed by atoms with Crippen LogP contribution < -0.4 is 16.0 Å². The summed E-state index contributed by atoms with van der Waals surface area (Å²) in [5, 5.41) is 8.40. The van der Waals surface area contributed by atoms with Gasteiger partial charge < -0.3 is 16.0 Å². The lowest BCUT2D eigenvalue weighted by atomic mass is 9.86. The molecule has 1 aromatic rings. The van der Waals surface area contributed by atoms with Crippen molar-refractivity contribution in [3.05, 3.63) is 23.8 Å². The first-order chi connectivity index (χ1) is 8.45. The summed E-state index contributed by atoms with van der Waals surface area (Å²) in [4.78, 5) is 23.3. The van der Waals surface area contributed by atoms with Gasteiger partial charge in [0.25, 0.3) is 0 Å². The van der Waals surface area contributed by atoms with Crippen LogP contribution in [0.4, 0.5) is 11.4 Å². The van der Waals surface area contributed by atoms with Crippen molar-refractivity contribution in [1.82, 2.24) is 5.32 Å². The number of carbonyl (C=O) groups excluding carboxylic acids is 2. The SMILES string of the molecule is CNCC(=O)Nc1ccc2c(c1)C(C)(C)C(=O)N2. The highest BCUT2D eigenvalue weighted by Gasteiger charge is 2.38. The third kappa shape index (κ3) is 2.09. The zero-order valence-electron chi connectivity index (χ0n) is 10.8. The molecule has 1 aromatic carbocycles. The highest BCUT2D eigenvalue weighted by molar-refractivity contribution is 6.06. The predicted molar refractivity (Wildman–Crippen MR) is 70.7 cm³/mol. The minimum atomic E-state index is -0.556. The maximum Gasteiger partial charge on any atom is 0.238 e. The smallest absolute Gasteiger partial charge is 0.238 e. The Morgan fingerprint density at radius 3 is 2.78 bits per heavy atom. The Balaban J connectivity index is 2.26. The van der Waals surface area contributed by atoms with Crippen LogP contribution in [0.15, 0.2) is 18.2 Å². The van der Waals surface area contributed by atoms with Gasteiger partial charge in [0.05, 0.1) is 12.0 Å². The van der Waals surface area contributed by atoms with Crippen molar-refractivity contribution in [1.29, 1.82) is 0 Å². The van der Waals surface area contributed by atoms with Crippen molar-refractivity contribution in [2.75, 3.05) is 24.2 Å². The molecule has 2 rings (SSSR count). The third-order valence-electron chi connectivity index (χ3n) is 3.13. The van der Waals surface area contributed by atoms with E-state index in [-0.39, 0.29) is 18.4 Å². The molecule has 1 aliphatic rings. The predicted octanol–water partition coefficient (Wildman–Crippen LogP) is 1.07. The van der Waals surface area contributed by atoms with E-state index in [0.717, 1.165) is 11.3 Å².